The normalized spacial score (nSPS) is 21.5. The second kappa shape index (κ2) is 8.08. The Kier molecular flexibility index (Phi) is 5.87. The van der Waals surface area contributed by atoms with E-state index in [2.05, 4.69) is 20.8 Å². The molecule has 6 nitrogen and oxygen atoms in total. The van der Waals surface area contributed by atoms with Gasteiger partial charge >= 0.3 is 5.97 Å². The van der Waals surface area contributed by atoms with Crippen LogP contribution in [0.2, 0.25) is 0 Å². The number of halogens is 2. The number of pyridine rings is 1. The number of hydrogen-bond acceptors (Lipinski definition) is 4. The first kappa shape index (κ1) is 21.8. The number of carbonyl (C=O) groups is 1. The Morgan fingerprint density at radius 2 is 2.07 bits per heavy atom. The van der Waals surface area contributed by atoms with Crippen LogP contribution in [0.15, 0.2) is 46.6 Å². The molecule has 0 bridgehead atoms. The monoisotopic (exact) mass is 420 g/mol. The molecule has 0 spiro atoms. The molecule has 0 radical (unpaired) electrons. The van der Waals surface area contributed by atoms with Crippen LogP contribution in [0.1, 0.15) is 49.3 Å². The quantitative estimate of drug-likeness (QED) is 0.800. The highest BCUT2D eigenvalue weighted by Gasteiger charge is 2.36. The Morgan fingerprint density at radius 3 is 2.67 bits per heavy atom. The Hall–Kier alpha value is -2.90. The minimum absolute atomic E-state index is 0.0711. The third-order valence-corrected chi connectivity index (χ3v) is 5.36. The van der Waals surface area contributed by atoms with Crippen LogP contribution in [0, 0.1) is 5.41 Å². The molecule has 30 heavy (non-hydrogen) atoms. The van der Waals surface area contributed by atoms with E-state index in [-0.39, 0.29) is 17.0 Å². The van der Waals surface area contributed by atoms with Crippen molar-refractivity contribution in [3.63, 3.8) is 0 Å². The van der Waals surface area contributed by atoms with Gasteiger partial charge in [-0.2, -0.15) is 0 Å². The van der Waals surface area contributed by atoms with E-state index in [4.69, 9.17) is 4.74 Å². The fourth-order valence-electron chi connectivity index (χ4n) is 3.90. The van der Waals surface area contributed by atoms with E-state index in [1.807, 2.05) is 22.6 Å². The highest BCUT2D eigenvalue weighted by molar-refractivity contribution is 5.87. The van der Waals surface area contributed by atoms with E-state index >= 15 is 0 Å². The summed E-state index contributed by atoms with van der Waals surface area (Å²) in [6, 6.07) is 1.28. The maximum atomic E-state index is 12.5. The lowest BCUT2D eigenvalue weighted by molar-refractivity contribution is 0.0471. The van der Waals surface area contributed by atoms with Gasteiger partial charge in [0.25, 0.3) is 6.43 Å². The number of allylic oxidation sites excluding steroid dienone is 4. The van der Waals surface area contributed by atoms with Crippen molar-refractivity contribution in [1.82, 2.24) is 9.47 Å². The molecule has 0 saturated carbocycles. The molecule has 1 aromatic rings. The minimum atomic E-state index is -2.56. The highest BCUT2D eigenvalue weighted by atomic mass is 19.3. The molecule has 1 unspecified atom stereocenters. The summed E-state index contributed by atoms with van der Waals surface area (Å²) in [5, 5.41) is 9.43. The molecule has 0 saturated heterocycles. The predicted molar refractivity (Wildman–Crippen MR) is 109 cm³/mol. The van der Waals surface area contributed by atoms with Gasteiger partial charge < -0.3 is 19.3 Å². The largest absolute Gasteiger partial charge is 0.492 e. The van der Waals surface area contributed by atoms with Crippen LogP contribution < -0.4 is 5.43 Å². The Balaban J connectivity index is 2.14. The van der Waals surface area contributed by atoms with Gasteiger partial charge in [0, 0.05) is 32.3 Å². The average molecular weight is 420 g/mol. The van der Waals surface area contributed by atoms with Crippen LogP contribution in [0.3, 0.4) is 0 Å². The second-order valence-corrected chi connectivity index (χ2v) is 8.66. The molecule has 2 aliphatic rings. The maximum Gasteiger partial charge on any atom is 0.341 e. The Bertz CT molecular complexity index is 999. The van der Waals surface area contributed by atoms with Crippen LogP contribution in [0.25, 0.3) is 5.70 Å². The first-order chi connectivity index (χ1) is 14.0. The number of carboxylic acid groups (broad SMARTS) is 1. The van der Waals surface area contributed by atoms with Crippen molar-refractivity contribution in [2.24, 2.45) is 5.41 Å². The van der Waals surface area contributed by atoms with Crippen molar-refractivity contribution in [3.05, 3.63) is 63.3 Å². The topological polar surface area (TPSA) is 71.8 Å². The molecule has 1 atom stereocenters. The van der Waals surface area contributed by atoms with Gasteiger partial charge in [-0.15, -0.1) is 0 Å². The number of carboxylic acids is 1. The summed E-state index contributed by atoms with van der Waals surface area (Å²) in [7, 11) is 1.91. The van der Waals surface area contributed by atoms with Crippen molar-refractivity contribution in [2.45, 2.75) is 39.7 Å². The van der Waals surface area contributed by atoms with Crippen LogP contribution in [0.5, 0.6) is 0 Å². The van der Waals surface area contributed by atoms with Crippen molar-refractivity contribution in [1.29, 1.82) is 0 Å². The van der Waals surface area contributed by atoms with E-state index in [0.717, 1.165) is 11.3 Å². The summed E-state index contributed by atoms with van der Waals surface area (Å²) in [5.41, 5.74) is 1.13. The smallest absolute Gasteiger partial charge is 0.341 e. The van der Waals surface area contributed by atoms with Crippen LogP contribution in [-0.4, -0.2) is 47.2 Å². The Labute approximate surface area is 173 Å². The summed E-state index contributed by atoms with van der Waals surface area (Å²) in [4.78, 5) is 26.1. The number of aromatic carboxylic acids is 1. The summed E-state index contributed by atoms with van der Waals surface area (Å²) in [6.45, 7) is 6.10. The molecule has 8 heteroatoms. The van der Waals surface area contributed by atoms with Crippen LogP contribution >= 0.6 is 0 Å². The molecule has 0 fully saturated rings. The maximum absolute atomic E-state index is 12.5. The molecule has 2 heterocycles. The average Bonchev–Trinajstić information content (AvgIpc) is 2.64. The van der Waals surface area contributed by atoms with Crippen LogP contribution in [-0.2, 0) is 4.74 Å². The van der Waals surface area contributed by atoms with Gasteiger partial charge in [0.05, 0.1) is 17.4 Å². The molecular formula is C22H26F2N2O4. The second-order valence-electron chi connectivity index (χ2n) is 8.66. The first-order valence-electron chi connectivity index (χ1n) is 9.71. The van der Waals surface area contributed by atoms with Gasteiger partial charge in [-0.25, -0.2) is 13.6 Å². The van der Waals surface area contributed by atoms with Crippen molar-refractivity contribution >= 4 is 11.7 Å². The lowest BCUT2D eigenvalue weighted by Crippen LogP contribution is -2.42. The first-order valence-corrected chi connectivity index (χ1v) is 9.71. The van der Waals surface area contributed by atoms with E-state index in [1.165, 1.54) is 12.3 Å². The predicted octanol–water partition coefficient (Wildman–Crippen LogP) is 3.92. The van der Waals surface area contributed by atoms with Gasteiger partial charge in [-0.3, -0.25) is 4.79 Å². The third kappa shape index (κ3) is 4.32. The van der Waals surface area contributed by atoms with E-state index in [1.54, 1.807) is 12.2 Å². The number of aromatic nitrogens is 1. The molecular weight excluding hydrogens is 394 g/mol. The van der Waals surface area contributed by atoms with Crippen LogP contribution in [0.4, 0.5) is 8.78 Å². The van der Waals surface area contributed by atoms with E-state index in [9.17, 15) is 23.5 Å². The lowest BCUT2D eigenvalue weighted by Gasteiger charge is -2.44. The zero-order chi connectivity index (χ0) is 22.2. The summed E-state index contributed by atoms with van der Waals surface area (Å²) >= 11 is 0. The molecule has 1 aromatic heterocycles. The number of hydrogen-bond donors (Lipinski definition) is 1. The number of nitrogens with zero attached hydrogens (tertiary/aromatic N) is 2. The number of fused-ring (bicyclic) bond motifs is 1. The molecule has 3 rings (SSSR count). The SMILES string of the molecule is CN1CC(C(C)(C)C)n2cc(C(=O)O)c(=O)cc2/C1=C1\C=CC=C(OCC(F)F)C1. The number of likely N-dealkylation sites (N-methyl/N-ethyl adjacent to an activating group) is 1. The van der Waals surface area contributed by atoms with E-state index < -0.39 is 24.4 Å². The van der Waals surface area contributed by atoms with Gasteiger partial charge in [0.15, 0.2) is 5.43 Å². The van der Waals surface area contributed by atoms with Gasteiger partial charge in [0.2, 0.25) is 0 Å². The fourth-order valence-corrected chi connectivity index (χ4v) is 3.90. The van der Waals surface area contributed by atoms with Crippen molar-refractivity contribution in [3.8, 4) is 0 Å². The standard InChI is InChI=1S/C22H26F2N2O4/c1-22(2,3)18-11-25(4)20(13-6-5-7-14(8-13)30-12-19(23)24)16-9-17(27)15(21(28)29)10-26(16)18/h5-7,9-10,18-19H,8,11-12H2,1-4H3,(H,28,29)/b20-13-. The number of ether oxygens (including phenoxy) is 1. The number of rotatable bonds is 4. The molecule has 0 aromatic carbocycles. The molecule has 1 N–H and O–H groups in total. The summed E-state index contributed by atoms with van der Waals surface area (Å²) in [5.74, 6) is -0.845. The Morgan fingerprint density at radius 1 is 1.37 bits per heavy atom. The van der Waals surface area contributed by atoms with Gasteiger partial charge in [0.1, 0.15) is 17.9 Å². The molecule has 162 valence electrons. The highest BCUT2D eigenvalue weighted by Crippen LogP contribution is 2.41. The molecule has 1 aliphatic carbocycles. The minimum Gasteiger partial charge on any atom is -0.492 e. The molecule has 1 aliphatic heterocycles. The number of alkyl halides is 2. The summed E-state index contributed by atoms with van der Waals surface area (Å²) in [6.07, 6.45) is 4.39. The lowest BCUT2D eigenvalue weighted by atomic mass is 9.83. The van der Waals surface area contributed by atoms with Crippen molar-refractivity contribution in [2.75, 3.05) is 20.2 Å². The van der Waals surface area contributed by atoms with Crippen molar-refractivity contribution < 1.29 is 23.4 Å². The molecule has 0 amide bonds. The zero-order valence-corrected chi connectivity index (χ0v) is 17.5. The van der Waals surface area contributed by atoms with Gasteiger partial charge in [-0.1, -0.05) is 32.9 Å². The van der Waals surface area contributed by atoms with Gasteiger partial charge in [-0.05, 0) is 17.1 Å². The van der Waals surface area contributed by atoms with E-state index in [0.29, 0.717) is 24.4 Å². The zero-order valence-electron chi connectivity index (χ0n) is 17.5. The summed E-state index contributed by atoms with van der Waals surface area (Å²) < 4.78 is 32.1. The fraction of sp³-hybridized carbons (Fsp3) is 0.455. The third-order valence-electron chi connectivity index (χ3n) is 5.36.